The van der Waals surface area contributed by atoms with Gasteiger partial charge in [0, 0.05) is 0 Å². The Bertz CT molecular complexity index is 515. The molecule has 0 aliphatic heterocycles. The number of unbranched alkanes of at least 4 members (excludes halogenated alkanes) is 1. The molecule has 0 aromatic heterocycles. The summed E-state index contributed by atoms with van der Waals surface area (Å²) in [6.07, 6.45) is 18.0. The lowest BCUT2D eigenvalue weighted by atomic mass is 9.51. The fraction of sp³-hybridized carbons (Fsp3) is 0.652. The van der Waals surface area contributed by atoms with Gasteiger partial charge < -0.3 is 4.74 Å². The van der Waals surface area contributed by atoms with Crippen LogP contribution in [0.25, 0.3) is 0 Å². The van der Waals surface area contributed by atoms with Gasteiger partial charge in [-0.05, 0) is 79.9 Å². The summed E-state index contributed by atoms with van der Waals surface area (Å²) in [5.41, 5.74) is 2.72. The lowest BCUT2D eigenvalue weighted by Crippen LogP contribution is -2.44. The Balaban J connectivity index is 1.58. The molecule has 2 bridgehead atoms. The fourth-order valence-electron chi connectivity index (χ4n) is 5.00. The third-order valence-corrected chi connectivity index (χ3v) is 6.62. The minimum Gasteiger partial charge on any atom is -0.490 e. The molecule has 3 aliphatic carbocycles. The molecule has 1 nitrogen and oxygen atoms in total. The Labute approximate surface area is 148 Å². The summed E-state index contributed by atoms with van der Waals surface area (Å²) in [6.45, 7) is 5.23. The highest BCUT2D eigenvalue weighted by Crippen LogP contribution is 2.59. The van der Waals surface area contributed by atoms with E-state index in [4.69, 9.17) is 4.74 Å². The molecule has 4 rings (SSSR count). The SMILES string of the molecule is CCC/C=C/COc1ccc(C23CCC(CCC)(CC2)CC3)cc1. The molecule has 0 atom stereocenters. The number of fused-ring (bicyclic) bond motifs is 3. The van der Waals surface area contributed by atoms with Gasteiger partial charge in [-0.3, -0.25) is 0 Å². The van der Waals surface area contributed by atoms with E-state index in [1.165, 1.54) is 57.8 Å². The number of hydrogen-bond donors (Lipinski definition) is 0. The molecule has 1 aromatic carbocycles. The van der Waals surface area contributed by atoms with E-state index >= 15 is 0 Å². The van der Waals surface area contributed by atoms with Crippen LogP contribution in [-0.2, 0) is 5.41 Å². The molecule has 0 amide bonds. The third kappa shape index (κ3) is 3.71. The second-order valence-corrected chi connectivity index (χ2v) is 8.13. The predicted molar refractivity (Wildman–Crippen MR) is 103 cm³/mol. The second kappa shape index (κ2) is 7.76. The first-order valence-corrected chi connectivity index (χ1v) is 10.1. The van der Waals surface area contributed by atoms with Crippen LogP contribution >= 0.6 is 0 Å². The highest BCUT2D eigenvalue weighted by molar-refractivity contribution is 5.34. The number of ether oxygens (including phenoxy) is 1. The maximum Gasteiger partial charge on any atom is 0.119 e. The van der Waals surface area contributed by atoms with Gasteiger partial charge >= 0.3 is 0 Å². The molecule has 132 valence electrons. The molecule has 1 heteroatoms. The summed E-state index contributed by atoms with van der Waals surface area (Å²) < 4.78 is 5.83. The molecule has 0 heterocycles. The highest BCUT2D eigenvalue weighted by Gasteiger charge is 2.48. The molecule has 0 saturated heterocycles. The Morgan fingerprint density at radius 3 is 2.12 bits per heavy atom. The maximum atomic E-state index is 5.83. The van der Waals surface area contributed by atoms with Crippen molar-refractivity contribution in [1.29, 1.82) is 0 Å². The monoisotopic (exact) mass is 326 g/mol. The van der Waals surface area contributed by atoms with Gasteiger partial charge in [0.25, 0.3) is 0 Å². The van der Waals surface area contributed by atoms with Crippen molar-refractivity contribution >= 4 is 0 Å². The van der Waals surface area contributed by atoms with E-state index in [0.29, 0.717) is 17.4 Å². The van der Waals surface area contributed by atoms with Crippen LogP contribution in [-0.4, -0.2) is 6.61 Å². The fourth-order valence-corrected chi connectivity index (χ4v) is 5.00. The minimum atomic E-state index is 0.467. The quantitative estimate of drug-likeness (QED) is 0.476. The summed E-state index contributed by atoms with van der Waals surface area (Å²) in [6, 6.07) is 9.03. The van der Waals surface area contributed by atoms with E-state index in [0.717, 1.165) is 12.2 Å². The third-order valence-electron chi connectivity index (χ3n) is 6.62. The van der Waals surface area contributed by atoms with Crippen LogP contribution in [0, 0.1) is 5.41 Å². The van der Waals surface area contributed by atoms with Crippen LogP contribution < -0.4 is 4.74 Å². The van der Waals surface area contributed by atoms with E-state index in [-0.39, 0.29) is 0 Å². The van der Waals surface area contributed by atoms with Gasteiger partial charge in [-0.25, -0.2) is 0 Å². The van der Waals surface area contributed by atoms with E-state index in [2.05, 4.69) is 50.3 Å². The van der Waals surface area contributed by atoms with Gasteiger partial charge in [0.2, 0.25) is 0 Å². The van der Waals surface area contributed by atoms with Crippen molar-refractivity contribution in [1.82, 2.24) is 0 Å². The summed E-state index contributed by atoms with van der Waals surface area (Å²) in [5, 5.41) is 0. The summed E-state index contributed by atoms with van der Waals surface area (Å²) in [5.74, 6) is 1.00. The lowest BCUT2D eigenvalue weighted by Gasteiger charge is -2.54. The van der Waals surface area contributed by atoms with Crippen molar-refractivity contribution in [3.05, 3.63) is 42.0 Å². The molecule has 0 unspecified atom stereocenters. The van der Waals surface area contributed by atoms with Crippen LogP contribution in [0.2, 0.25) is 0 Å². The standard InChI is InChI=1S/C23H34O/c1-3-5-6-7-19-24-21-10-8-20(9-11-21)23-16-13-22(12-4-2,14-17-23)15-18-23/h6-11H,3-5,12-19H2,1-2H3/b7-6+. The molecule has 0 radical (unpaired) electrons. The molecular formula is C23H34O. The molecule has 3 fully saturated rings. The maximum absolute atomic E-state index is 5.83. The zero-order valence-corrected chi connectivity index (χ0v) is 15.7. The molecule has 0 N–H and O–H groups in total. The Morgan fingerprint density at radius 1 is 0.875 bits per heavy atom. The number of benzene rings is 1. The largest absolute Gasteiger partial charge is 0.490 e. The zero-order valence-electron chi connectivity index (χ0n) is 15.7. The van der Waals surface area contributed by atoms with E-state index in [1.807, 2.05) is 0 Å². The van der Waals surface area contributed by atoms with Crippen LogP contribution in [0.1, 0.15) is 83.6 Å². The van der Waals surface area contributed by atoms with Crippen LogP contribution in [0.3, 0.4) is 0 Å². The first kappa shape index (κ1) is 17.6. The molecule has 3 saturated carbocycles. The summed E-state index contributed by atoms with van der Waals surface area (Å²) >= 11 is 0. The Morgan fingerprint density at radius 2 is 1.54 bits per heavy atom. The van der Waals surface area contributed by atoms with Gasteiger partial charge in [0.05, 0.1) is 0 Å². The smallest absolute Gasteiger partial charge is 0.119 e. The van der Waals surface area contributed by atoms with Crippen molar-refractivity contribution in [2.24, 2.45) is 5.41 Å². The van der Waals surface area contributed by atoms with Gasteiger partial charge in [-0.1, -0.05) is 51.0 Å². The number of allylic oxidation sites excluding steroid dienone is 1. The van der Waals surface area contributed by atoms with Crippen molar-refractivity contribution < 1.29 is 4.74 Å². The van der Waals surface area contributed by atoms with Crippen molar-refractivity contribution in [2.45, 2.75) is 83.5 Å². The normalized spacial score (nSPS) is 29.2. The summed E-state index contributed by atoms with van der Waals surface area (Å²) in [4.78, 5) is 0. The minimum absolute atomic E-state index is 0.467. The molecule has 24 heavy (non-hydrogen) atoms. The number of rotatable bonds is 8. The van der Waals surface area contributed by atoms with Crippen LogP contribution in [0.15, 0.2) is 36.4 Å². The summed E-state index contributed by atoms with van der Waals surface area (Å²) in [7, 11) is 0. The van der Waals surface area contributed by atoms with Gasteiger partial charge in [-0.15, -0.1) is 0 Å². The first-order chi connectivity index (χ1) is 11.7. The van der Waals surface area contributed by atoms with Crippen molar-refractivity contribution in [3.8, 4) is 5.75 Å². The van der Waals surface area contributed by atoms with Crippen LogP contribution in [0.5, 0.6) is 5.75 Å². The number of hydrogen-bond acceptors (Lipinski definition) is 1. The first-order valence-electron chi connectivity index (χ1n) is 10.1. The average molecular weight is 327 g/mol. The van der Waals surface area contributed by atoms with Crippen molar-refractivity contribution in [3.63, 3.8) is 0 Å². The van der Waals surface area contributed by atoms with E-state index < -0.39 is 0 Å². The van der Waals surface area contributed by atoms with E-state index in [9.17, 15) is 0 Å². The lowest BCUT2D eigenvalue weighted by molar-refractivity contribution is 0.0320. The van der Waals surface area contributed by atoms with Gasteiger partial charge in [0.15, 0.2) is 0 Å². The molecule has 3 aliphatic rings. The average Bonchev–Trinajstić information content (AvgIpc) is 2.64. The topological polar surface area (TPSA) is 9.23 Å². The highest BCUT2D eigenvalue weighted by atomic mass is 16.5. The van der Waals surface area contributed by atoms with E-state index in [1.54, 1.807) is 5.56 Å². The zero-order chi connectivity index (χ0) is 16.9. The van der Waals surface area contributed by atoms with Gasteiger partial charge in [-0.2, -0.15) is 0 Å². The van der Waals surface area contributed by atoms with Crippen molar-refractivity contribution in [2.75, 3.05) is 6.61 Å². The Hall–Kier alpha value is -1.24. The second-order valence-electron chi connectivity index (χ2n) is 8.13. The molecule has 0 spiro atoms. The van der Waals surface area contributed by atoms with Crippen LogP contribution in [0.4, 0.5) is 0 Å². The molecule has 1 aromatic rings. The predicted octanol–water partition coefficient (Wildman–Crippen LogP) is 6.81. The molecular weight excluding hydrogens is 292 g/mol. The van der Waals surface area contributed by atoms with Gasteiger partial charge in [0.1, 0.15) is 12.4 Å². The Kier molecular flexibility index (Phi) is 5.69.